The summed E-state index contributed by atoms with van der Waals surface area (Å²) in [6.45, 7) is 1.21. The number of halogens is 1. The van der Waals surface area contributed by atoms with Gasteiger partial charge in [-0.15, -0.1) is 0 Å². The summed E-state index contributed by atoms with van der Waals surface area (Å²) in [6.07, 6.45) is 4.75. The van der Waals surface area contributed by atoms with Crippen molar-refractivity contribution in [3.8, 4) is 0 Å². The fourth-order valence-corrected chi connectivity index (χ4v) is 2.91. The summed E-state index contributed by atoms with van der Waals surface area (Å²) < 4.78 is 1.87. The molecule has 25 heavy (non-hydrogen) atoms. The number of carbonyl (C=O) groups is 1. The number of carbonyl (C=O) groups excluding carboxylic acids is 1. The van der Waals surface area contributed by atoms with Gasteiger partial charge in [-0.2, -0.15) is 5.10 Å². The molecule has 0 unspecified atom stereocenters. The van der Waals surface area contributed by atoms with Gasteiger partial charge in [0, 0.05) is 30.4 Å². The maximum atomic E-state index is 12.2. The number of benzene rings is 2. The summed E-state index contributed by atoms with van der Waals surface area (Å²) in [5.41, 5.74) is 3.25. The van der Waals surface area contributed by atoms with Crippen LogP contribution in [0.3, 0.4) is 0 Å². The molecule has 0 atom stereocenters. The van der Waals surface area contributed by atoms with Crippen LogP contribution in [0.5, 0.6) is 0 Å². The lowest BCUT2D eigenvalue weighted by molar-refractivity contribution is -0.121. The van der Waals surface area contributed by atoms with Crippen molar-refractivity contribution in [2.45, 2.75) is 25.9 Å². The third kappa shape index (κ3) is 4.94. The van der Waals surface area contributed by atoms with Crippen LogP contribution in [-0.4, -0.2) is 15.7 Å². The Morgan fingerprint density at radius 3 is 2.44 bits per heavy atom. The second kappa shape index (κ2) is 8.49. The number of hydrogen-bond acceptors (Lipinski definition) is 2. The molecular weight excluding hydrogens is 334 g/mol. The predicted octanol–water partition coefficient (Wildman–Crippen LogP) is 3.83. The molecule has 0 bridgehead atoms. The van der Waals surface area contributed by atoms with E-state index in [2.05, 4.69) is 16.5 Å². The maximum Gasteiger partial charge on any atom is 0.220 e. The van der Waals surface area contributed by atoms with E-state index in [9.17, 15) is 4.79 Å². The molecule has 1 aromatic heterocycles. The monoisotopic (exact) mass is 353 g/mol. The Labute approximate surface area is 152 Å². The van der Waals surface area contributed by atoms with Crippen LogP contribution in [0.1, 0.15) is 23.1 Å². The third-order valence-electron chi connectivity index (χ3n) is 4.07. The van der Waals surface area contributed by atoms with Gasteiger partial charge in [-0.3, -0.25) is 9.48 Å². The first-order valence-electron chi connectivity index (χ1n) is 8.26. The first-order chi connectivity index (χ1) is 12.2. The van der Waals surface area contributed by atoms with Crippen LogP contribution in [0.2, 0.25) is 5.02 Å². The van der Waals surface area contributed by atoms with Gasteiger partial charge in [0.25, 0.3) is 0 Å². The van der Waals surface area contributed by atoms with Gasteiger partial charge in [0.15, 0.2) is 0 Å². The summed E-state index contributed by atoms with van der Waals surface area (Å²) in [5.74, 6) is 0.0220. The quantitative estimate of drug-likeness (QED) is 0.701. The van der Waals surface area contributed by atoms with Gasteiger partial charge in [0.2, 0.25) is 5.91 Å². The third-order valence-corrected chi connectivity index (χ3v) is 4.43. The number of aryl methyl sites for hydroxylation is 1. The molecule has 0 fully saturated rings. The highest BCUT2D eigenvalue weighted by Crippen LogP contribution is 2.16. The first kappa shape index (κ1) is 17.2. The molecule has 0 saturated heterocycles. The number of aromatic nitrogens is 2. The van der Waals surface area contributed by atoms with E-state index >= 15 is 0 Å². The lowest BCUT2D eigenvalue weighted by Gasteiger charge is -2.11. The minimum atomic E-state index is 0.0220. The molecule has 2 aromatic carbocycles. The molecule has 128 valence electrons. The van der Waals surface area contributed by atoms with Gasteiger partial charge in [-0.05, 0) is 35.2 Å². The molecule has 5 heteroatoms. The zero-order valence-corrected chi connectivity index (χ0v) is 14.6. The maximum absolute atomic E-state index is 12.2. The molecule has 0 aliphatic carbocycles. The van der Waals surface area contributed by atoms with Crippen molar-refractivity contribution < 1.29 is 4.79 Å². The van der Waals surface area contributed by atoms with Crippen molar-refractivity contribution in [2.24, 2.45) is 0 Å². The molecule has 4 nitrogen and oxygen atoms in total. The Hall–Kier alpha value is -2.59. The van der Waals surface area contributed by atoms with Gasteiger partial charge in [-0.25, -0.2) is 0 Å². The number of nitrogens with one attached hydrogen (secondary N) is 1. The smallest absolute Gasteiger partial charge is 0.220 e. The van der Waals surface area contributed by atoms with Gasteiger partial charge < -0.3 is 5.32 Å². The molecule has 1 amide bonds. The average molecular weight is 354 g/mol. The first-order valence-corrected chi connectivity index (χ1v) is 8.64. The molecule has 1 heterocycles. The van der Waals surface area contributed by atoms with Gasteiger partial charge >= 0.3 is 0 Å². The van der Waals surface area contributed by atoms with E-state index in [4.69, 9.17) is 11.6 Å². The van der Waals surface area contributed by atoms with Crippen molar-refractivity contribution in [2.75, 3.05) is 0 Å². The van der Waals surface area contributed by atoms with Crippen LogP contribution in [-0.2, 0) is 24.3 Å². The van der Waals surface area contributed by atoms with Gasteiger partial charge in [0.05, 0.1) is 6.54 Å². The molecule has 0 saturated carbocycles. The highest BCUT2D eigenvalue weighted by atomic mass is 35.5. The molecule has 0 aliphatic heterocycles. The summed E-state index contributed by atoms with van der Waals surface area (Å²) in [6, 6.07) is 17.6. The van der Waals surface area contributed by atoms with Gasteiger partial charge in [0.1, 0.15) is 0 Å². The molecule has 3 aromatic rings. The van der Waals surface area contributed by atoms with Crippen molar-refractivity contribution in [1.82, 2.24) is 15.1 Å². The Kier molecular flexibility index (Phi) is 5.86. The molecular formula is C20H20ClN3O. The Morgan fingerprint density at radius 1 is 1.00 bits per heavy atom. The number of hydrogen-bond donors (Lipinski definition) is 1. The highest BCUT2D eigenvalue weighted by Gasteiger charge is 2.07. The van der Waals surface area contributed by atoms with E-state index in [0.29, 0.717) is 31.0 Å². The van der Waals surface area contributed by atoms with E-state index in [-0.39, 0.29) is 5.91 Å². The lowest BCUT2D eigenvalue weighted by Crippen LogP contribution is -2.24. The largest absolute Gasteiger partial charge is 0.352 e. The van der Waals surface area contributed by atoms with Crippen LogP contribution >= 0.6 is 11.6 Å². The van der Waals surface area contributed by atoms with Crippen LogP contribution < -0.4 is 5.32 Å². The standard InChI is InChI=1S/C20H20ClN3O/c21-19-9-4-3-6-16(19)10-11-20(25)22-14-17-7-1-2-8-18(17)15-24-13-5-12-23-24/h1-9,12-13H,10-11,14-15H2,(H,22,25). The summed E-state index contributed by atoms with van der Waals surface area (Å²) >= 11 is 6.13. The zero-order chi connectivity index (χ0) is 17.5. The molecule has 3 rings (SSSR count). The number of rotatable bonds is 7. The summed E-state index contributed by atoms with van der Waals surface area (Å²) in [7, 11) is 0. The zero-order valence-electron chi connectivity index (χ0n) is 13.9. The SMILES string of the molecule is O=C(CCc1ccccc1Cl)NCc1ccccc1Cn1cccn1. The number of nitrogens with zero attached hydrogens (tertiary/aromatic N) is 2. The van der Waals surface area contributed by atoms with Crippen molar-refractivity contribution in [3.63, 3.8) is 0 Å². The minimum Gasteiger partial charge on any atom is -0.352 e. The second-order valence-corrected chi connectivity index (χ2v) is 6.25. The van der Waals surface area contributed by atoms with Crippen LogP contribution in [0.25, 0.3) is 0 Å². The van der Waals surface area contributed by atoms with E-state index < -0.39 is 0 Å². The summed E-state index contributed by atoms with van der Waals surface area (Å²) in [4.78, 5) is 12.2. The van der Waals surface area contributed by atoms with E-state index in [0.717, 1.165) is 16.7 Å². The van der Waals surface area contributed by atoms with Crippen LogP contribution in [0, 0.1) is 0 Å². The van der Waals surface area contributed by atoms with E-state index in [1.54, 1.807) is 6.20 Å². The van der Waals surface area contributed by atoms with Gasteiger partial charge in [-0.1, -0.05) is 54.1 Å². The Bertz CT molecular complexity index is 830. The molecule has 0 radical (unpaired) electrons. The number of amides is 1. The summed E-state index contributed by atoms with van der Waals surface area (Å²) in [5, 5.41) is 7.94. The van der Waals surface area contributed by atoms with Crippen LogP contribution in [0.4, 0.5) is 0 Å². The fourth-order valence-electron chi connectivity index (χ4n) is 2.68. The van der Waals surface area contributed by atoms with Crippen molar-refractivity contribution >= 4 is 17.5 Å². The van der Waals surface area contributed by atoms with E-state index in [1.807, 2.05) is 59.4 Å². The molecule has 1 N–H and O–H groups in total. The normalized spacial score (nSPS) is 10.6. The Morgan fingerprint density at radius 2 is 1.72 bits per heavy atom. The lowest BCUT2D eigenvalue weighted by atomic mass is 10.1. The topological polar surface area (TPSA) is 46.9 Å². The van der Waals surface area contributed by atoms with Crippen molar-refractivity contribution in [1.29, 1.82) is 0 Å². The van der Waals surface area contributed by atoms with Crippen LogP contribution in [0.15, 0.2) is 67.0 Å². The minimum absolute atomic E-state index is 0.0220. The van der Waals surface area contributed by atoms with Crippen molar-refractivity contribution in [3.05, 3.63) is 88.7 Å². The Balaban J connectivity index is 1.54. The second-order valence-electron chi connectivity index (χ2n) is 5.84. The predicted molar refractivity (Wildman–Crippen MR) is 99.4 cm³/mol. The van der Waals surface area contributed by atoms with E-state index in [1.165, 1.54) is 0 Å². The average Bonchev–Trinajstić information content (AvgIpc) is 3.13. The molecule has 0 spiro atoms. The molecule has 0 aliphatic rings. The highest BCUT2D eigenvalue weighted by molar-refractivity contribution is 6.31. The fraction of sp³-hybridized carbons (Fsp3) is 0.200.